The van der Waals surface area contributed by atoms with Crippen molar-refractivity contribution in [3.63, 3.8) is 0 Å². The number of rotatable bonds is 6. The van der Waals surface area contributed by atoms with E-state index in [1.54, 1.807) is 0 Å². The third-order valence-corrected chi connectivity index (χ3v) is 9.24. The maximum Gasteiger partial charge on any atom is 0.0455 e. The monoisotopic (exact) mass is 565 g/mol. The van der Waals surface area contributed by atoms with Gasteiger partial charge in [-0.15, -0.1) is 0 Å². The highest BCUT2D eigenvalue weighted by atomic mass is 15.0. The van der Waals surface area contributed by atoms with Gasteiger partial charge < -0.3 is 4.57 Å². The van der Waals surface area contributed by atoms with Gasteiger partial charge in [0.1, 0.15) is 0 Å². The molecule has 2 aliphatic carbocycles. The number of hydrogen-bond donors (Lipinski definition) is 0. The highest BCUT2D eigenvalue weighted by molar-refractivity contribution is 5.98. The van der Waals surface area contributed by atoms with E-state index in [9.17, 15) is 0 Å². The molecule has 0 atom stereocenters. The molecule has 0 fully saturated rings. The molecule has 44 heavy (non-hydrogen) atoms. The number of para-hydroxylation sites is 1. The maximum absolute atomic E-state index is 2.54. The van der Waals surface area contributed by atoms with Crippen LogP contribution in [0.15, 0.2) is 133 Å². The Kier molecular flexibility index (Phi) is 6.93. The lowest BCUT2D eigenvalue weighted by Gasteiger charge is -2.18. The summed E-state index contributed by atoms with van der Waals surface area (Å²) < 4.78 is 2.54. The lowest BCUT2D eigenvalue weighted by Crippen LogP contribution is -2.07. The summed E-state index contributed by atoms with van der Waals surface area (Å²) in [5.41, 5.74) is 15.0. The molecular formula is C43H35N. The molecule has 212 valence electrons. The zero-order valence-electron chi connectivity index (χ0n) is 24.9. The van der Waals surface area contributed by atoms with E-state index >= 15 is 0 Å². The smallest absolute Gasteiger partial charge is 0.0455 e. The molecule has 8 rings (SSSR count). The first-order valence-corrected chi connectivity index (χ1v) is 15.8. The van der Waals surface area contributed by atoms with Crippen molar-refractivity contribution in [1.82, 2.24) is 4.57 Å². The molecule has 0 spiro atoms. The van der Waals surface area contributed by atoms with Gasteiger partial charge in [-0.3, -0.25) is 0 Å². The predicted molar refractivity (Wildman–Crippen MR) is 188 cm³/mol. The average molecular weight is 566 g/mol. The SMILES string of the molecule is C1=Cc2c3c(n(-c4ccccc4)c2CC1)CCC(c1ccc(/C=C(/Cc2ccccc2)c2cccc4ccccc24)cc1)=C3. The van der Waals surface area contributed by atoms with Crippen LogP contribution in [0.1, 0.15) is 57.6 Å². The Bertz CT molecular complexity index is 2050. The van der Waals surface area contributed by atoms with Crippen molar-refractivity contribution in [2.45, 2.75) is 32.1 Å². The van der Waals surface area contributed by atoms with Crippen LogP contribution in [0.2, 0.25) is 0 Å². The second-order valence-electron chi connectivity index (χ2n) is 12.0. The zero-order chi connectivity index (χ0) is 29.3. The van der Waals surface area contributed by atoms with Gasteiger partial charge in [-0.05, 0) is 94.5 Å². The number of aromatic nitrogens is 1. The van der Waals surface area contributed by atoms with Crippen molar-refractivity contribution in [1.29, 1.82) is 0 Å². The molecule has 0 radical (unpaired) electrons. The van der Waals surface area contributed by atoms with Crippen LogP contribution in [-0.2, 0) is 19.3 Å². The van der Waals surface area contributed by atoms with E-state index < -0.39 is 0 Å². The van der Waals surface area contributed by atoms with Gasteiger partial charge in [-0.1, -0.05) is 133 Å². The Labute approximate surface area is 260 Å². The normalized spacial score (nSPS) is 14.3. The van der Waals surface area contributed by atoms with Gasteiger partial charge in [0, 0.05) is 28.2 Å². The number of nitrogens with zero attached hydrogens (tertiary/aromatic N) is 1. The van der Waals surface area contributed by atoms with Gasteiger partial charge >= 0.3 is 0 Å². The fourth-order valence-electron chi connectivity index (χ4n) is 7.13. The van der Waals surface area contributed by atoms with Gasteiger partial charge in [0.05, 0.1) is 0 Å². The highest BCUT2D eigenvalue weighted by Gasteiger charge is 2.25. The molecule has 0 unspecified atom stereocenters. The van der Waals surface area contributed by atoms with Crippen LogP contribution in [0.4, 0.5) is 0 Å². The minimum absolute atomic E-state index is 0.890. The third-order valence-electron chi connectivity index (χ3n) is 9.24. The van der Waals surface area contributed by atoms with E-state index in [-0.39, 0.29) is 0 Å². The maximum atomic E-state index is 2.54. The van der Waals surface area contributed by atoms with E-state index in [0.29, 0.717) is 0 Å². The molecule has 5 aromatic carbocycles. The van der Waals surface area contributed by atoms with E-state index in [2.05, 4.69) is 156 Å². The van der Waals surface area contributed by atoms with Crippen LogP contribution in [0.5, 0.6) is 0 Å². The number of benzene rings is 5. The summed E-state index contributed by atoms with van der Waals surface area (Å²) in [6, 6.07) is 46.3. The topological polar surface area (TPSA) is 4.93 Å². The summed E-state index contributed by atoms with van der Waals surface area (Å²) in [4.78, 5) is 0. The third kappa shape index (κ3) is 4.95. The van der Waals surface area contributed by atoms with Crippen molar-refractivity contribution in [3.05, 3.63) is 178 Å². The van der Waals surface area contributed by atoms with Crippen molar-refractivity contribution in [2.75, 3.05) is 0 Å². The van der Waals surface area contributed by atoms with Gasteiger partial charge in [0.25, 0.3) is 0 Å². The minimum atomic E-state index is 0.890. The van der Waals surface area contributed by atoms with Crippen LogP contribution in [-0.4, -0.2) is 4.57 Å². The molecule has 0 N–H and O–H groups in total. The molecule has 2 aliphatic rings. The molecule has 1 heterocycles. The number of hydrogen-bond acceptors (Lipinski definition) is 0. The van der Waals surface area contributed by atoms with Crippen molar-refractivity contribution in [3.8, 4) is 5.69 Å². The fourth-order valence-corrected chi connectivity index (χ4v) is 7.13. The van der Waals surface area contributed by atoms with Crippen molar-refractivity contribution < 1.29 is 0 Å². The van der Waals surface area contributed by atoms with Crippen LogP contribution in [0.25, 0.3) is 45.8 Å². The first-order valence-electron chi connectivity index (χ1n) is 15.8. The van der Waals surface area contributed by atoms with Crippen LogP contribution < -0.4 is 0 Å². The lowest BCUT2D eigenvalue weighted by atomic mass is 9.89. The molecule has 0 bridgehead atoms. The van der Waals surface area contributed by atoms with E-state index in [4.69, 9.17) is 0 Å². The summed E-state index contributed by atoms with van der Waals surface area (Å²) >= 11 is 0. The van der Waals surface area contributed by atoms with Crippen LogP contribution in [0, 0.1) is 0 Å². The van der Waals surface area contributed by atoms with Crippen LogP contribution in [0.3, 0.4) is 0 Å². The quantitative estimate of drug-likeness (QED) is 0.177. The van der Waals surface area contributed by atoms with Gasteiger partial charge in [0.2, 0.25) is 0 Å². The Hall–Kier alpha value is -5.14. The summed E-state index contributed by atoms with van der Waals surface area (Å²) in [6.07, 6.45) is 14.7. The number of allylic oxidation sites excluding steroid dienone is 3. The number of fused-ring (bicyclic) bond motifs is 4. The molecule has 1 heteroatoms. The Morgan fingerprint density at radius 2 is 1.36 bits per heavy atom. The summed E-state index contributed by atoms with van der Waals surface area (Å²) in [6.45, 7) is 0. The Morgan fingerprint density at radius 3 is 2.20 bits per heavy atom. The Morgan fingerprint density at radius 1 is 0.636 bits per heavy atom. The Balaban J connectivity index is 1.16. The van der Waals surface area contributed by atoms with E-state index in [1.807, 2.05) is 0 Å². The average Bonchev–Trinajstić information content (AvgIpc) is 3.43. The van der Waals surface area contributed by atoms with Crippen molar-refractivity contribution in [2.24, 2.45) is 0 Å². The molecular weight excluding hydrogens is 530 g/mol. The van der Waals surface area contributed by atoms with Crippen molar-refractivity contribution >= 4 is 40.1 Å². The predicted octanol–water partition coefficient (Wildman–Crippen LogP) is 10.9. The molecule has 1 aromatic heterocycles. The molecule has 0 amide bonds. The minimum Gasteiger partial charge on any atom is -0.317 e. The standard InChI is InChI=1S/C43H35N/c1-3-12-31(13-4-1)28-36(39-20-11-15-34-14-7-8-18-38(34)39)29-32-22-24-33(25-23-32)35-26-27-43-41(30-35)40-19-9-10-21-42(40)44(43)37-16-5-2-6-17-37/h1-9,11-20,22-25,29-30H,10,21,26-28H2/b36-29-. The lowest BCUT2D eigenvalue weighted by molar-refractivity contribution is 0.817. The van der Waals surface area contributed by atoms with Gasteiger partial charge in [0.15, 0.2) is 0 Å². The largest absolute Gasteiger partial charge is 0.317 e. The van der Waals surface area contributed by atoms with Crippen LogP contribution >= 0.6 is 0 Å². The molecule has 0 saturated heterocycles. The first-order chi connectivity index (χ1) is 21.8. The second kappa shape index (κ2) is 11.5. The molecule has 1 nitrogen and oxygen atoms in total. The molecule has 0 aliphatic heterocycles. The van der Waals surface area contributed by atoms with Gasteiger partial charge in [-0.2, -0.15) is 0 Å². The molecule has 6 aromatic rings. The molecule has 0 saturated carbocycles. The summed E-state index contributed by atoms with van der Waals surface area (Å²) in [5, 5.41) is 2.58. The highest BCUT2D eigenvalue weighted by Crippen LogP contribution is 2.40. The first kappa shape index (κ1) is 26.5. The summed E-state index contributed by atoms with van der Waals surface area (Å²) in [5.74, 6) is 0. The summed E-state index contributed by atoms with van der Waals surface area (Å²) in [7, 11) is 0. The zero-order valence-corrected chi connectivity index (χ0v) is 24.9. The van der Waals surface area contributed by atoms with E-state index in [0.717, 1.165) is 32.1 Å². The van der Waals surface area contributed by atoms with Gasteiger partial charge in [-0.25, -0.2) is 0 Å². The van der Waals surface area contributed by atoms with E-state index in [1.165, 1.54) is 72.4 Å². The fraction of sp³-hybridized carbons (Fsp3) is 0.116. The second-order valence-corrected chi connectivity index (χ2v) is 12.0.